The van der Waals surface area contributed by atoms with Gasteiger partial charge in [0, 0.05) is 17.8 Å². The zero-order valence-electron chi connectivity index (χ0n) is 8.73. The molecule has 2 aromatic heterocycles. The van der Waals surface area contributed by atoms with Crippen LogP contribution in [0.3, 0.4) is 0 Å². The third-order valence-corrected chi connectivity index (χ3v) is 4.65. The van der Waals surface area contributed by atoms with Crippen LogP contribution >= 0.6 is 38.9 Å². The molecule has 2 aromatic rings. The van der Waals surface area contributed by atoms with Crippen molar-refractivity contribution in [1.82, 2.24) is 4.98 Å². The smallest absolute Gasteiger partial charge is 0.0701 e. The summed E-state index contributed by atoms with van der Waals surface area (Å²) in [5.74, 6) is 0.212. The number of pyridine rings is 1. The lowest BCUT2D eigenvalue weighted by molar-refractivity contribution is 0.708. The molecule has 0 fully saturated rings. The normalized spacial score (nSPS) is 14.7. The second-order valence-corrected chi connectivity index (χ2v) is 6.39. The number of nitrogens with zero attached hydrogens (tertiary/aromatic N) is 1. The Morgan fingerprint density at radius 1 is 1.44 bits per heavy atom. The van der Waals surface area contributed by atoms with Gasteiger partial charge >= 0.3 is 0 Å². The van der Waals surface area contributed by atoms with Crippen LogP contribution in [0.4, 0.5) is 0 Å². The van der Waals surface area contributed by atoms with Crippen molar-refractivity contribution in [2.24, 2.45) is 0 Å². The number of thiophene rings is 1. The average molecular weight is 317 g/mol. The second-order valence-electron chi connectivity index (χ2n) is 3.63. The molecule has 0 bridgehead atoms. The lowest BCUT2D eigenvalue weighted by Gasteiger charge is -2.16. The molecule has 2 atom stereocenters. The molecular formula is C12H11BrClNS. The molecule has 84 valence electrons. The molecule has 2 heterocycles. The molecule has 4 heteroatoms. The van der Waals surface area contributed by atoms with Crippen LogP contribution in [-0.4, -0.2) is 4.98 Å². The average Bonchev–Trinajstić information content (AvgIpc) is 2.75. The highest BCUT2D eigenvalue weighted by Crippen LogP contribution is 2.38. The van der Waals surface area contributed by atoms with Crippen LogP contribution in [0.25, 0.3) is 0 Å². The summed E-state index contributed by atoms with van der Waals surface area (Å²) in [6.45, 7) is 2.10. The molecule has 1 nitrogen and oxygen atoms in total. The first-order chi connectivity index (χ1) is 7.68. The third kappa shape index (κ3) is 2.65. The summed E-state index contributed by atoms with van der Waals surface area (Å²) in [5, 5.41) is 2.05. The summed E-state index contributed by atoms with van der Waals surface area (Å²) < 4.78 is 1.11. The maximum Gasteiger partial charge on any atom is 0.0701 e. The van der Waals surface area contributed by atoms with Gasteiger partial charge in [0.25, 0.3) is 0 Å². The zero-order valence-corrected chi connectivity index (χ0v) is 11.9. The maximum atomic E-state index is 6.45. The van der Waals surface area contributed by atoms with E-state index in [1.807, 2.05) is 18.2 Å². The summed E-state index contributed by atoms with van der Waals surface area (Å²) in [6.07, 6.45) is 1.80. The van der Waals surface area contributed by atoms with Crippen molar-refractivity contribution in [3.8, 4) is 0 Å². The Labute approximate surface area is 113 Å². The van der Waals surface area contributed by atoms with E-state index in [2.05, 4.69) is 39.3 Å². The van der Waals surface area contributed by atoms with E-state index in [0.717, 1.165) is 15.0 Å². The van der Waals surface area contributed by atoms with Gasteiger partial charge in [0.05, 0.1) is 9.16 Å². The lowest BCUT2D eigenvalue weighted by Crippen LogP contribution is -2.03. The summed E-state index contributed by atoms with van der Waals surface area (Å²) in [5.41, 5.74) is 2.18. The SMILES string of the molecule is CC(c1ccccn1)C(Cl)c1csc(Br)c1. The van der Waals surface area contributed by atoms with E-state index in [4.69, 9.17) is 11.6 Å². The van der Waals surface area contributed by atoms with E-state index in [9.17, 15) is 0 Å². The van der Waals surface area contributed by atoms with Crippen LogP contribution < -0.4 is 0 Å². The van der Waals surface area contributed by atoms with E-state index >= 15 is 0 Å². The van der Waals surface area contributed by atoms with Crippen molar-refractivity contribution >= 4 is 38.9 Å². The Kier molecular flexibility index (Phi) is 4.00. The molecule has 0 aromatic carbocycles. The minimum atomic E-state index is -0.0301. The molecule has 0 saturated heterocycles. The van der Waals surface area contributed by atoms with Crippen LogP contribution in [0, 0.1) is 0 Å². The molecule has 0 aliphatic carbocycles. The molecule has 2 unspecified atom stereocenters. The van der Waals surface area contributed by atoms with Crippen LogP contribution in [0.15, 0.2) is 39.6 Å². The summed E-state index contributed by atoms with van der Waals surface area (Å²) in [4.78, 5) is 4.34. The van der Waals surface area contributed by atoms with Crippen molar-refractivity contribution in [1.29, 1.82) is 0 Å². The Morgan fingerprint density at radius 3 is 2.81 bits per heavy atom. The minimum Gasteiger partial charge on any atom is -0.261 e. The highest BCUT2D eigenvalue weighted by atomic mass is 79.9. The molecule has 0 aliphatic heterocycles. The van der Waals surface area contributed by atoms with Gasteiger partial charge in [0.2, 0.25) is 0 Å². The fourth-order valence-corrected chi connectivity index (χ4v) is 3.09. The predicted octanol–water partition coefficient (Wildman–Crippen LogP) is 4.99. The van der Waals surface area contributed by atoms with E-state index in [1.54, 1.807) is 17.5 Å². The van der Waals surface area contributed by atoms with E-state index in [0.29, 0.717) is 0 Å². The summed E-state index contributed by atoms with van der Waals surface area (Å²) in [7, 11) is 0. The maximum absolute atomic E-state index is 6.45. The van der Waals surface area contributed by atoms with Gasteiger partial charge in [-0.1, -0.05) is 13.0 Å². The Morgan fingerprint density at radius 2 is 2.25 bits per heavy atom. The van der Waals surface area contributed by atoms with Gasteiger partial charge in [-0.3, -0.25) is 4.98 Å². The fourth-order valence-electron chi connectivity index (χ4n) is 1.55. The van der Waals surface area contributed by atoms with Crippen molar-refractivity contribution in [2.75, 3.05) is 0 Å². The van der Waals surface area contributed by atoms with E-state index in [-0.39, 0.29) is 11.3 Å². The van der Waals surface area contributed by atoms with Crippen LogP contribution in [0.2, 0.25) is 0 Å². The van der Waals surface area contributed by atoms with Crippen molar-refractivity contribution < 1.29 is 0 Å². The molecule has 0 aliphatic rings. The van der Waals surface area contributed by atoms with Crippen molar-refractivity contribution in [3.05, 3.63) is 50.9 Å². The zero-order chi connectivity index (χ0) is 11.5. The number of hydrogen-bond donors (Lipinski definition) is 0. The molecule has 2 rings (SSSR count). The fraction of sp³-hybridized carbons (Fsp3) is 0.250. The number of alkyl halides is 1. The van der Waals surface area contributed by atoms with Gasteiger partial charge < -0.3 is 0 Å². The van der Waals surface area contributed by atoms with Gasteiger partial charge in [-0.2, -0.15) is 0 Å². The number of rotatable bonds is 3. The van der Waals surface area contributed by atoms with Gasteiger partial charge in [-0.15, -0.1) is 22.9 Å². The Balaban J connectivity index is 2.19. The highest BCUT2D eigenvalue weighted by Gasteiger charge is 2.20. The standard InChI is InChI=1S/C12H11BrClNS/c1-8(10-4-2-3-5-15-10)12(14)9-6-11(13)16-7-9/h2-8,12H,1H3. The first kappa shape index (κ1) is 12.1. The predicted molar refractivity (Wildman–Crippen MR) is 73.3 cm³/mol. The summed E-state index contributed by atoms with van der Waals surface area (Å²) in [6, 6.07) is 8.00. The van der Waals surface area contributed by atoms with Crippen molar-refractivity contribution in [2.45, 2.75) is 18.2 Å². The molecule has 0 N–H and O–H groups in total. The van der Waals surface area contributed by atoms with Crippen LogP contribution in [-0.2, 0) is 0 Å². The number of hydrogen-bond acceptors (Lipinski definition) is 2. The third-order valence-electron chi connectivity index (χ3n) is 2.50. The van der Waals surface area contributed by atoms with E-state index < -0.39 is 0 Å². The minimum absolute atomic E-state index is 0.0301. The van der Waals surface area contributed by atoms with Gasteiger partial charge in [0.15, 0.2) is 0 Å². The topological polar surface area (TPSA) is 12.9 Å². The highest BCUT2D eigenvalue weighted by molar-refractivity contribution is 9.11. The molecule has 0 amide bonds. The summed E-state index contributed by atoms with van der Waals surface area (Å²) >= 11 is 11.6. The molecule has 16 heavy (non-hydrogen) atoms. The Bertz CT molecular complexity index is 457. The molecular weight excluding hydrogens is 306 g/mol. The van der Waals surface area contributed by atoms with Gasteiger partial charge in [-0.25, -0.2) is 0 Å². The number of halogens is 2. The van der Waals surface area contributed by atoms with Gasteiger partial charge in [0.1, 0.15) is 0 Å². The van der Waals surface area contributed by atoms with Crippen LogP contribution in [0.1, 0.15) is 29.5 Å². The Hall–Kier alpha value is -0.380. The quantitative estimate of drug-likeness (QED) is 0.727. The lowest BCUT2D eigenvalue weighted by atomic mass is 9.99. The molecule has 0 spiro atoms. The largest absolute Gasteiger partial charge is 0.261 e. The monoisotopic (exact) mass is 315 g/mol. The van der Waals surface area contributed by atoms with Crippen molar-refractivity contribution in [3.63, 3.8) is 0 Å². The van der Waals surface area contributed by atoms with E-state index in [1.165, 1.54) is 0 Å². The second kappa shape index (κ2) is 5.30. The van der Waals surface area contributed by atoms with Crippen LogP contribution in [0.5, 0.6) is 0 Å². The first-order valence-electron chi connectivity index (χ1n) is 4.97. The van der Waals surface area contributed by atoms with Gasteiger partial charge in [-0.05, 0) is 45.1 Å². The molecule has 0 radical (unpaired) electrons. The first-order valence-corrected chi connectivity index (χ1v) is 7.08. The molecule has 0 saturated carbocycles. The number of aromatic nitrogens is 1.